The third-order valence-corrected chi connectivity index (χ3v) is 5.35. The SMILES string of the molecule is COc1cccc(CN2CCCC(NCc3ccc(-n4cccn4)cc3)C2)c1. The highest BCUT2D eigenvalue weighted by Gasteiger charge is 2.19. The lowest BCUT2D eigenvalue weighted by molar-refractivity contribution is 0.182. The smallest absolute Gasteiger partial charge is 0.119 e. The lowest BCUT2D eigenvalue weighted by Crippen LogP contribution is -2.45. The van der Waals surface area contributed by atoms with Crippen molar-refractivity contribution in [3.05, 3.63) is 78.1 Å². The number of aromatic nitrogens is 2. The molecule has 1 N–H and O–H groups in total. The van der Waals surface area contributed by atoms with Crippen molar-refractivity contribution in [2.24, 2.45) is 0 Å². The van der Waals surface area contributed by atoms with E-state index in [0.717, 1.165) is 37.6 Å². The van der Waals surface area contributed by atoms with E-state index in [4.69, 9.17) is 4.74 Å². The molecule has 1 unspecified atom stereocenters. The molecule has 5 heteroatoms. The molecule has 1 saturated heterocycles. The number of likely N-dealkylation sites (tertiary alicyclic amines) is 1. The summed E-state index contributed by atoms with van der Waals surface area (Å²) in [6, 6.07) is 19.5. The van der Waals surface area contributed by atoms with E-state index < -0.39 is 0 Å². The van der Waals surface area contributed by atoms with Gasteiger partial charge in [-0.05, 0) is 60.8 Å². The quantitative estimate of drug-likeness (QED) is 0.684. The number of nitrogens with zero attached hydrogens (tertiary/aromatic N) is 3. The third kappa shape index (κ3) is 4.80. The topological polar surface area (TPSA) is 42.3 Å². The molecule has 28 heavy (non-hydrogen) atoms. The number of rotatable bonds is 7. The number of piperidine rings is 1. The summed E-state index contributed by atoms with van der Waals surface area (Å²) in [5.74, 6) is 0.933. The second-order valence-corrected chi connectivity index (χ2v) is 7.42. The van der Waals surface area contributed by atoms with Crippen LogP contribution < -0.4 is 10.1 Å². The lowest BCUT2D eigenvalue weighted by Gasteiger charge is -2.33. The molecule has 146 valence electrons. The minimum atomic E-state index is 0.533. The van der Waals surface area contributed by atoms with E-state index in [1.54, 1.807) is 13.3 Å². The van der Waals surface area contributed by atoms with Crippen molar-refractivity contribution < 1.29 is 4.74 Å². The van der Waals surface area contributed by atoms with Crippen LogP contribution in [0.1, 0.15) is 24.0 Å². The van der Waals surface area contributed by atoms with Crippen LogP contribution in [0.4, 0.5) is 0 Å². The largest absolute Gasteiger partial charge is 0.497 e. The fourth-order valence-electron chi connectivity index (χ4n) is 3.85. The number of ether oxygens (including phenoxy) is 1. The molecule has 3 aromatic rings. The summed E-state index contributed by atoms with van der Waals surface area (Å²) in [4.78, 5) is 2.54. The molecule has 0 spiro atoms. The van der Waals surface area contributed by atoms with E-state index in [2.05, 4.69) is 57.8 Å². The number of benzene rings is 2. The van der Waals surface area contributed by atoms with Gasteiger partial charge in [-0.15, -0.1) is 0 Å². The first-order valence-corrected chi connectivity index (χ1v) is 9.98. The van der Waals surface area contributed by atoms with Gasteiger partial charge in [-0.1, -0.05) is 24.3 Å². The van der Waals surface area contributed by atoms with Gasteiger partial charge in [-0.25, -0.2) is 4.68 Å². The molecule has 4 rings (SSSR count). The molecule has 0 amide bonds. The van der Waals surface area contributed by atoms with E-state index in [1.165, 1.54) is 24.0 Å². The van der Waals surface area contributed by atoms with Crippen molar-refractivity contribution in [1.29, 1.82) is 0 Å². The van der Waals surface area contributed by atoms with E-state index in [1.807, 2.05) is 23.0 Å². The van der Waals surface area contributed by atoms with Crippen molar-refractivity contribution in [2.75, 3.05) is 20.2 Å². The Morgan fingerprint density at radius 3 is 2.79 bits per heavy atom. The Balaban J connectivity index is 1.29. The molecular weight excluding hydrogens is 348 g/mol. The second-order valence-electron chi connectivity index (χ2n) is 7.42. The van der Waals surface area contributed by atoms with Crippen LogP contribution in [0.15, 0.2) is 67.0 Å². The summed E-state index contributed by atoms with van der Waals surface area (Å²) in [6.07, 6.45) is 6.24. The molecule has 1 atom stereocenters. The number of methoxy groups -OCH3 is 1. The summed E-state index contributed by atoms with van der Waals surface area (Å²) in [7, 11) is 1.72. The molecule has 1 fully saturated rings. The Morgan fingerprint density at radius 2 is 2.00 bits per heavy atom. The Bertz CT molecular complexity index is 861. The maximum Gasteiger partial charge on any atom is 0.119 e. The van der Waals surface area contributed by atoms with Crippen LogP contribution in [0.3, 0.4) is 0 Å². The summed E-state index contributed by atoms with van der Waals surface area (Å²) in [6.45, 7) is 4.13. The summed E-state index contributed by atoms with van der Waals surface area (Å²) in [5, 5.41) is 8.02. The van der Waals surface area contributed by atoms with Crippen LogP contribution in [0.5, 0.6) is 5.75 Å². The van der Waals surface area contributed by atoms with E-state index in [9.17, 15) is 0 Å². The zero-order valence-corrected chi connectivity index (χ0v) is 16.4. The van der Waals surface area contributed by atoms with Crippen LogP contribution in [0, 0.1) is 0 Å². The number of hydrogen-bond donors (Lipinski definition) is 1. The van der Waals surface area contributed by atoms with Crippen molar-refractivity contribution in [2.45, 2.75) is 32.0 Å². The fourth-order valence-corrected chi connectivity index (χ4v) is 3.85. The standard InChI is InChI=1S/C23H28N4O/c1-28-23-7-2-5-20(15-23)17-26-13-3-6-21(18-26)24-16-19-8-10-22(11-9-19)27-14-4-12-25-27/h2,4-5,7-12,14-15,21,24H,3,6,13,16-18H2,1H3. The van der Waals surface area contributed by atoms with Crippen LogP contribution in [-0.4, -0.2) is 40.9 Å². The molecule has 0 bridgehead atoms. The Hall–Kier alpha value is -2.63. The van der Waals surface area contributed by atoms with Crippen LogP contribution in [0.25, 0.3) is 5.69 Å². The first-order valence-electron chi connectivity index (χ1n) is 9.98. The number of hydrogen-bond acceptors (Lipinski definition) is 4. The van der Waals surface area contributed by atoms with Gasteiger partial charge in [0.1, 0.15) is 5.75 Å². The first-order chi connectivity index (χ1) is 13.8. The average molecular weight is 377 g/mol. The summed E-state index contributed by atoms with van der Waals surface area (Å²) < 4.78 is 7.23. The Labute approximate surface area is 166 Å². The van der Waals surface area contributed by atoms with Crippen molar-refractivity contribution >= 4 is 0 Å². The molecule has 0 radical (unpaired) electrons. The highest BCUT2D eigenvalue weighted by atomic mass is 16.5. The van der Waals surface area contributed by atoms with Crippen LogP contribution >= 0.6 is 0 Å². The van der Waals surface area contributed by atoms with Gasteiger partial charge in [0.2, 0.25) is 0 Å². The fraction of sp³-hybridized carbons (Fsp3) is 0.348. The molecule has 1 aromatic heterocycles. The molecular formula is C23H28N4O. The minimum Gasteiger partial charge on any atom is -0.497 e. The molecule has 0 saturated carbocycles. The van der Waals surface area contributed by atoms with Gasteiger partial charge in [0, 0.05) is 38.1 Å². The molecule has 2 aromatic carbocycles. The van der Waals surface area contributed by atoms with Gasteiger partial charge in [-0.2, -0.15) is 5.10 Å². The van der Waals surface area contributed by atoms with Gasteiger partial charge in [0.25, 0.3) is 0 Å². The van der Waals surface area contributed by atoms with Crippen LogP contribution in [-0.2, 0) is 13.1 Å². The van der Waals surface area contributed by atoms with Crippen molar-refractivity contribution in [3.8, 4) is 11.4 Å². The van der Waals surface area contributed by atoms with Gasteiger partial charge in [0.15, 0.2) is 0 Å². The van der Waals surface area contributed by atoms with Crippen LogP contribution in [0.2, 0.25) is 0 Å². The number of nitrogens with one attached hydrogen (secondary N) is 1. The van der Waals surface area contributed by atoms with Gasteiger partial charge < -0.3 is 10.1 Å². The lowest BCUT2D eigenvalue weighted by atomic mass is 10.0. The third-order valence-electron chi connectivity index (χ3n) is 5.35. The first kappa shape index (κ1) is 18.7. The highest BCUT2D eigenvalue weighted by Crippen LogP contribution is 2.18. The predicted molar refractivity (Wildman–Crippen MR) is 112 cm³/mol. The monoisotopic (exact) mass is 376 g/mol. The molecule has 1 aliphatic rings. The molecule has 5 nitrogen and oxygen atoms in total. The zero-order chi connectivity index (χ0) is 19.2. The average Bonchev–Trinajstić information content (AvgIpc) is 3.28. The Kier molecular flexibility index (Phi) is 6.04. The Morgan fingerprint density at radius 1 is 1.11 bits per heavy atom. The molecule has 2 heterocycles. The van der Waals surface area contributed by atoms with Crippen molar-refractivity contribution in [1.82, 2.24) is 20.0 Å². The second kappa shape index (κ2) is 9.04. The molecule has 0 aliphatic carbocycles. The summed E-state index contributed by atoms with van der Waals surface area (Å²) in [5.41, 5.74) is 3.71. The zero-order valence-electron chi connectivity index (χ0n) is 16.4. The van der Waals surface area contributed by atoms with E-state index in [-0.39, 0.29) is 0 Å². The van der Waals surface area contributed by atoms with Gasteiger partial charge in [-0.3, -0.25) is 4.90 Å². The normalized spacial score (nSPS) is 17.5. The predicted octanol–water partition coefficient (Wildman–Crippen LogP) is 3.64. The highest BCUT2D eigenvalue weighted by molar-refractivity contribution is 5.33. The van der Waals surface area contributed by atoms with Gasteiger partial charge in [0.05, 0.1) is 12.8 Å². The molecule has 1 aliphatic heterocycles. The van der Waals surface area contributed by atoms with Gasteiger partial charge >= 0.3 is 0 Å². The van der Waals surface area contributed by atoms with Crippen molar-refractivity contribution in [3.63, 3.8) is 0 Å². The minimum absolute atomic E-state index is 0.533. The maximum absolute atomic E-state index is 5.35. The summed E-state index contributed by atoms with van der Waals surface area (Å²) >= 11 is 0. The van der Waals surface area contributed by atoms with E-state index in [0.29, 0.717) is 6.04 Å². The van der Waals surface area contributed by atoms with E-state index >= 15 is 0 Å². The maximum atomic E-state index is 5.35.